The first-order valence-electron chi connectivity index (χ1n) is 8.78. The van der Waals surface area contributed by atoms with Crippen LogP contribution < -0.4 is 5.32 Å². The molecule has 1 aliphatic carbocycles. The van der Waals surface area contributed by atoms with E-state index in [0.29, 0.717) is 12.0 Å². The molecule has 1 aromatic rings. The fourth-order valence-electron chi connectivity index (χ4n) is 3.37. The van der Waals surface area contributed by atoms with Crippen molar-refractivity contribution in [3.8, 4) is 0 Å². The van der Waals surface area contributed by atoms with Gasteiger partial charge in [-0.05, 0) is 24.8 Å². The summed E-state index contributed by atoms with van der Waals surface area (Å²) in [5, 5.41) is 3.14. The van der Waals surface area contributed by atoms with Crippen LogP contribution in [0.5, 0.6) is 0 Å². The molecule has 2 rings (SSSR count). The van der Waals surface area contributed by atoms with Gasteiger partial charge in [0.25, 0.3) is 0 Å². The molecule has 0 spiro atoms. The summed E-state index contributed by atoms with van der Waals surface area (Å²) in [5.74, 6) is 0.396. The van der Waals surface area contributed by atoms with E-state index in [-0.39, 0.29) is 6.03 Å². The molecule has 1 N–H and O–H groups in total. The summed E-state index contributed by atoms with van der Waals surface area (Å²) >= 11 is 0. The molecule has 0 aliphatic heterocycles. The van der Waals surface area contributed by atoms with Crippen molar-refractivity contribution < 1.29 is 4.79 Å². The number of nitrogens with one attached hydrogen (secondary N) is 1. The van der Waals surface area contributed by atoms with Gasteiger partial charge < -0.3 is 10.2 Å². The molecule has 1 aliphatic rings. The quantitative estimate of drug-likeness (QED) is 0.795. The van der Waals surface area contributed by atoms with Crippen LogP contribution in [0.4, 0.5) is 4.79 Å². The van der Waals surface area contributed by atoms with E-state index in [9.17, 15) is 4.79 Å². The van der Waals surface area contributed by atoms with Crippen molar-refractivity contribution in [2.75, 3.05) is 13.6 Å². The number of benzene rings is 1. The predicted octanol–water partition coefficient (Wildman–Crippen LogP) is 4.54. The van der Waals surface area contributed by atoms with Crippen LogP contribution in [0.3, 0.4) is 0 Å². The Morgan fingerprint density at radius 2 is 1.82 bits per heavy atom. The highest BCUT2D eigenvalue weighted by Gasteiger charge is 2.21. The number of carbonyl (C=O) groups excluding carboxylic acids is 1. The number of hydrogen-bond acceptors (Lipinski definition) is 1. The van der Waals surface area contributed by atoms with Gasteiger partial charge in [-0.15, -0.1) is 0 Å². The molecular weight excluding hydrogens is 272 g/mol. The highest BCUT2D eigenvalue weighted by molar-refractivity contribution is 5.74. The Kier molecular flexibility index (Phi) is 6.75. The Morgan fingerprint density at radius 3 is 2.41 bits per heavy atom. The predicted molar refractivity (Wildman–Crippen MR) is 92.1 cm³/mol. The van der Waals surface area contributed by atoms with Crippen molar-refractivity contribution in [2.24, 2.45) is 0 Å². The highest BCUT2D eigenvalue weighted by atomic mass is 16.2. The van der Waals surface area contributed by atoms with Crippen LogP contribution in [-0.4, -0.2) is 30.6 Å². The molecule has 0 radical (unpaired) electrons. The minimum atomic E-state index is 0.0845. The third-order valence-corrected chi connectivity index (χ3v) is 4.96. The molecule has 1 fully saturated rings. The first-order valence-corrected chi connectivity index (χ1v) is 8.78. The Morgan fingerprint density at radius 1 is 1.18 bits per heavy atom. The van der Waals surface area contributed by atoms with Gasteiger partial charge in [-0.2, -0.15) is 0 Å². The summed E-state index contributed by atoms with van der Waals surface area (Å²) in [5.41, 5.74) is 1.31. The lowest BCUT2D eigenvalue weighted by Crippen LogP contribution is -2.44. The molecule has 1 saturated carbocycles. The van der Waals surface area contributed by atoms with Crippen molar-refractivity contribution >= 4 is 6.03 Å². The van der Waals surface area contributed by atoms with Crippen LogP contribution in [0.1, 0.15) is 63.4 Å². The molecule has 1 aromatic carbocycles. The molecule has 0 heterocycles. The van der Waals surface area contributed by atoms with Gasteiger partial charge in [0.05, 0.1) is 0 Å². The summed E-state index contributed by atoms with van der Waals surface area (Å²) in [6.45, 7) is 2.90. The van der Waals surface area contributed by atoms with Gasteiger partial charge in [-0.25, -0.2) is 4.79 Å². The number of hydrogen-bond donors (Lipinski definition) is 1. The van der Waals surface area contributed by atoms with Crippen molar-refractivity contribution in [1.82, 2.24) is 10.2 Å². The summed E-state index contributed by atoms with van der Waals surface area (Å²) in [6, 6.07) is 11.0. The number of urea groups is 1. The fraction of sp³-hybridized carbons (Fsp3) is 0.632. The zero-order valence-electron chi connectivity index (χ0n) is 14.1. The zero-order chi connectivity index (χ0) is 15.8. The molecule has 3 heteroatoms. The maximum absolute atomic E-state index is 12.4. The van der Waals surface area contributed by atoms with Gasteiger partial charge >= 0.3 is 6.03 Å². The standard InChI is InChI=1S/C19H30N2O/c1-3-16(17-11-7-6-8-12-17)15-20-19(22)21(2)18-13-9-4-5-10-14-18/h6-8,11-12,16,18H,3-5,9-10,13-15H2,1-2H3,(H,20,22). The van der Waals surface area contributed by atoms with E-state index in [1.165, 1.54) is 31.2 Å². The van der Waals surface area contributed by atoms with E-state index in [0.717, 1.165) is 25.8 Å². The minimum absolute atomic E-state index is 0.0845. The number of rotatable bonds is 5. The first kappa shape index (κ1) is 16.9. The summed E-state index contributed by atoms with van der Waals surface area (Å²) in [4.78, 5) is 14.4. The van der Waals surface area contributed by atoms with Crippen LogP contribution in [0.25, 0.3) is 0 Å². The van der Waals surface area contributed by atoms with E-state index in [4.69, 9.17) is 0 Å². The fourth-order valence-corrected chi connectivity index (χ4v) is 3.37. The van der Waals surface area contributed by atoms with Gasteiger partial charge in [-0.3, -0.25) is 0 Å². The molecule has 3 nitrogen and oxygen atoms in total. The van der Waals surface area contributed by atoms with Crippen molar-refractivity contribution in [1.29, 1.82) is 0 Å². The summed E-state index contributed by atoms with van der Waals surface area (Å²) in [6.07, 6.45) is 8.49. The second kappa shape index (κ2) is 8.82. The van der Waals surface area contributed by atoms with Crippen molar-refractivity contribution in [3.05, 3.63) is 35.9 Å². The maximum atomic E-state index is 12.4. The van der Waals surface area contributed by atoms with Crippen molar-refractivity contribution in [3.63, 3.8) is 0 Å². The molecule has 0 aromatic heterocycles. The average Bonchev–Trinajstić information content (AvgIpc) is 2.84. The molecule has 22 heavy (non-hydrogen) atoms. The molecule has 1 unspecified atom stereocenters. The van der Waals surface area contributed by atoms with E-state index in [1.807, 2.05) is 18.0 Å². The van der Waals surface area contributed by atoms with Gasteiger partial charge in [0.15, 0.2) is 0 Å². The molecule has 0 saturated heterocycles. The Bertz CT molecular complexity index is 438. The van der Waals surface area contributed by atoms with Crippen LogP contribution >= 0.6 is 0 Å². The minimum Gasteiger partial charge on any atom is -0.337 e. The van der Waals surface area contributed by atoms with Crippen LogP contribution in [0.15, 0.2) is 30.3 Å². The van der Waals surface area contributed by atoms with Crippen LogP contribution in [0, 0.1) is 0 Å². The van der Waals surface area contributed by atoms with E-state index in [2.05, 4.69) is 36.5 Å². The van der Waals surface area contributed by atoms with E-state index in [1.54, 1.807) is 0 Å². The van der Waals surface area contributed by atoms with Gasteiger partial charge in [0, 0.05) is 25.6 Å². The number of amides is 2. The summed E-state index contributed by atoms with van der Waals surface area (Å²) in [7, 11) is 1.95. The lowest BCUT2D eigenvalue weighted by molar-refractivity contribution is 0.183. The molecular formula is C19H30N2O. The van der Waals surface area contributed by atoms with E-state index >= 15 is 0 Å². The highest BCUT2D eigenvalue weighted by Crippen LogP contribution is 2.22. The number of carbonyl (C=O) groups is 1. The van der Waals surface area contributed by atoms with Gasteiger partial charge in [-0.1, -0.05) is 62.9 Å². The zero-order valence-corrected chi connectivity index (χ0v) is 14.1. The third kappa shape index (κ3) is 4.75. The molecule has 122 valence electrons. The Hall–Kier alpha value is -1.51. The molecule has 1 atom stereocenters. The van der Waals surface area contributed by atoms with Crippen molar-refractivity contribution in [2.45, 2.75) is 63.8 Å². The Labute approximate surface area is 135 Å². The SMILES string of the molecule is CCC(CNC(=O)N(C)C1CCCCCC1)c1ccccc1. The largest absolute Gasteiger partial charge is 0.337 e. The second-order valence-electron chi connectivity index (χ2n) is 6.46. The molecule has 0 bridgehead atoms. The Balaban J connectivity index is 1.85. The lowest BCUT2D eigenvalue weighted by atomic mass is 9.96. The van der Waals surface area contributed by atoms with Gasteiger partial charge in [0.2, 0.25) is 0 Å². The lowest BCUT2D eigenvalue weighted by Gasteiger charge is -2.28. The second-order valence-corrected chi connectivity index (χ2v) is 6.46. The van der Waals surface area contributed by atoms with E-state index < -0.39 is 0 Å². The third-order valence-electron chi connectivity index (χ3n) is 4.96. The monoisotopic (exact) mass is 302 g/mol. The van der Waals surface area contributed by atoms with Crippen LogP contribution in [-0.2, 0) is 0 Å². The average molecular weight is 302 g/mol. The topological polar surface area (TPSA) is 32.3 Å². The number of nitrogens with zero attached hydrogens (tertiary/aromatic N) is 1. The summed E-state index contributed by atoms with van der Waals surface area (Å²) < 4.78 is 0. The van der Waals surface area contributed by atoms with Gasteiger partial charge in [0.1, 0.15) is 0 Å². The smallest absolute Gasteiger partial charge is 0.317 e. The van der Waals surface area contributed by atoms with Crippen LogP contribution in [0.2, 0.25) is 0 Å². The first-order chi connectivity index (χ1) is 10.7. The normalized spacial score (nSPS) is 17.5. The molecule has 2 amide bonds. The maximum Gasteiger partial charge on any atom is 0.317 e.